The first-order valence-corrected chi connectivity index (χ1v) is 6.87. The molecule has 1 aromatic carbocycles. The van der Waals surface area contributed by atoms with Crippen LogP contribution < -0.4 is 10.1 Å². The minimum absolute atomic E-state index is 0.128. The summed E-state index contributed by atoms with van der Waals surface area (Å²) in [5.41, 5.74) is 1.12. The van der Waals surface area contributed by atoms with Crippen LogP contribution in [0.4, 0.5) is 0 Å². The number of carbonyl (C=O) groups excluding carboxylic acids is 1. The number of fused-ring (bicyclic) bond motifs is 1. The van der Waals surface area contributed by atoms with E-state index in [2.05, 4.69) is 5.32 Å². The predicted molar refractivity (Wildman–Crippen MR) is 69.4 cm³/mol. The second-order valence-electron chi connectivity index (χ2n) is 5.22. The van der Waals surface area contributed by atoms with Gasteiger partial charge >= 0.3 is 0 Å². The number of benzene rings is 1. The molecule has 96 valence electrons. The van der Waals surface area contributed by atoms with Crippen molar-refractivity contribution < 1.29 is 9.53 Å². The maximum absolute atomic E-state index is 12.2. The topological polar surface area (TPSA) is 38.3 Å². The van der Waals surface area contributed by atoms with Crippen LogP contribution in [0, 0.1) is 5.92 Å². The number of carbonyl (C=O) groups is 1. The molecule has 1 atom stereocenters. The molecule has 0 unspecified atom stereocenters. The number of amides is 1. The van der Waals surface area contributed by atoms with Crippen molar-refractivity contribution in [2.75, 3.05) is 6.61 Å². The zero-order valence-corrected chi connectivity index (χ0v) is 10.5. The Labute approximate surface area is 108 Å². The molecule has 1 aromatic rings. The molecule has 18 heavy (non-hydrogen) atoms. The smallest absolute Gasteiger partial charge is 0.223 e. The fraction of sp³-hybridized carbons (Fsp3) is 0.533. The minimum atomic E-state index is 0.128. The molecule has 1 N–H and O–H groups in total. The molecule has 1 heterocycles. The maximum Gasteiger partial charge on any atom is 0.223 e. The van der Waals surface area contributed by atoms with Gasteiger partial charge in [0, 0.05) is 17.9 Å². The van der Waals surface area contributed by atoms with E-state index in [4.69, 9.17) is 4.74 Å². The second-order valence-corrected chi connectivity index (χ2v) is 5.22. The van der Waals surface area contributed by atoms with Crippen LogP contribution in [0.15, 0.2) is 24.3 Å². The van der Waals surface area contributed by atoms with Crippen molar-refractivity contribution in [2.45, 2.75) is 38.1 Å². The highest BCUT2D eigenvalue weighted by Crippen LogP contribution is 2.32. The van der Waals surface area contributed by atoms with Crippen LogP contribution in [0.25, 0.3) is 0 Å². The van der Waals surface area contributed by atoms with Gasteiger partial charge in [-0.15, -0.1) is 0 Å². The number of hydrogen-bond donors (Lipinski definition) is 1. The minimum Gasteiger partial charge on any atom is -0.493 e. The van der Waals surface area contributed by atoms with E-state index in [1.54, 1.807) is 0 Å². The van der Waals surface area contributed by atoms with Crippen LogP contribution in [0.3, 0.4) is 0 Å². The van der Waals surface area contributed by atoms with Crippen LogP contribution in [0.5, 0.6) is 5.75 Å². The third kappa shape index (κ3) is 2.22. The summed E-state index contributed by atoms with van der Waals surface area (Å²) < 4.78 is 5.61. The lowest BCUT2D eigenvalue weighted by Crippen LogP contribution is -2.35. The Morgan fingerprint density at radius 1 is 1.17 bits per heavy atom. The molecule has 1 aliphatic heterocycles. The number of hydrogen-bond acceptors (Lipinski definition) is 2. The van der Waals surface area contributed by atoms with E-state index < -0.39 is 0 Å². The van der Waals surface area contributed by atoms with E-state index in [0.29, 0.717) is 6.61 Å². The van der Waals surface area contributed by atoms with Gasteiger partial charge < -0.3 is 10.1 Å². The predicted octanol–water partition coefficient (Wildman–Crippen LogP) is 2.82. The largest absolute Gasteiger partial charge is 0.493 e. The van der Waals surface area contributed by atoms with E-state index >= 15 is 0 Å². The first kappa shape index (κ1) is 11.6. The van der Waals surface area contributed by atoms with Gasteiger partial charge in [-0.1, -0.05) is 31.0 Å². The number of rotatable bonds is 2. The number of nitrogens with one attached hydrogen (secondary N) is 1. The van der Waals surface area contributed by atoms with Gasteiger partial charge in [0.15, 0.2) is 0 Å². The van der Waals surface area contributed by atoms with Gasteiger partial charge in [0.25, 0.3) is 0 Å². The Hall–Kier alpha value is -1.51. The van der Waals surface area contributed by atoms with Gasteiger partial charge in [0.05, 0.1) is 12.6 Å². The third-order valence-corrected chi connectivity index (χ3v) is 4.00. The standard InChI is InChI=1S/C15H19NO2/c17-15(11-5-1-2-6-11)16-13-9-10-18-14-8-4-3-7-12(13)14/h3-4,7-8,11,13H,1-2,5-6,9-10H2,(H,16,17)/t13-/m1/s1. The van der Waals surface area contributed by atoms with Crippen LogP contribution in [0.2, 0.25) is 0 Å². The van der Waals surface area contributed by atoms with Crippen molar-refractivity contribution in [3.63, 3.8) is 0 Å². The normalized spacial score (nSPS) is 23.2. The summed E-state index contributed by atoms with van der Waals surface area (Å²) in [5, 5.41) is 3.20. The summed E-state index contributed by atoms with van der Waals surface area (Å²) >= 11 is 0. The van der Waals surface area contributed by atoms with Crippen LogP contribution in [-0.2, 0) is 4.79 Å². The maximum atomic E-state index is 12.2. The van der Waals surface area contributed by atoms with Crippen LogP contribution >= 0.6 is 0 Å². The van der Waals surface area contributed by atoms with Gasteiger partial charge in [0.2, 0.25) is 5.91 Å². The molecule has 1 amide bonds. The quantitative estimate of drug-likeness (QED) is 0.870. The Morgan fingerprint density at radius 3 is 2.78 bits per heavy atom. The van der Waals surface area contributed by atoms with Gasteiger partial charge in [-0.25, -0.2) is 0 Å². The second kappa shape index (κ2) is 5.01. The molecule has 0 radical (unpaired) electrons. The average Bonchev–Trinajstić information content (AvgIpc) is 2.93. The summed E-state index contributed by atoms with van der Waals surface area (Å²) in [6.45, 7) is 0.687. The molecule has 1 fully saturated rings. The zero-order valence-electron chi connectivity index (χ0n) is 10.5. The fourth-order valence-electron chi connectivity index (χ4n) is 2.97. The van der Waals surface area contributed by atoms with Crippen molar-refractivity contribution in [1.29, 1.82) is 0 Å². The lowest BCUT2D eigenvalue weighted by Gasteiger charge is -2.27. The molecule has 0 spiro atoms. The molecule has 3 rings (SSSR count). The molecule has 0 bridgehead atoms. The summed E-state index contributed by atoms with van der Waals surface area (Å²) in [5.74, 6) is 1.38. The molecule has 3 nitrogen and oxygen atoms in total. The highest BCUT2D eigenvalue weighted by molar-refractivity contribution is 5.79. The summed E-state index contributed by atoms with van der Waals surface area (Å²) in [4.78, 5) is 12.2. The lowest BCUT2D eigenvalue weighted by molar-refractivity contribution is -0.125. The Kier molecular flexibility index (Phi) is 3.22. The van der Waals surface area contributed by atoms with E-state index in [9.17, 15) is 4.79 Å². The van der Waals surface area contributed by atoms with Crippen molar-refractivity contribution in [3.8, 4) is 5.75 Å². The van der Waals surface area contributed by atoms with Crippen LogP contribution in [0.1, 0.15) is 43.7 Å². The van der Waals surface area contributed by atoms with E-state index in [1.807, 2.05) is 24.3 Å². The molecule has 3 heteroatoms. The van der Waals surface area contributed by atoms with Crippen molar-refractivity contribution >= 4 is 5.91 Å². The molecule has 1 aliphatic carbocycles. The first-order chi connectivity index (χ1) is 8.84. The van der Waals surface area contributed by atoms with Gasteiger partial charge in [-0.05, 0) is 18.9 Å². The molecule has 2 aliphatic rings. The van der Waals surface area contributed by atoms with E-state index in [1.165, 1.54) is 12.8 Å². The molecular weight excluding hydrogens is 226 g/mol. The van der Waals surface area contributed by atoms with Crippen molar-refractivity contribution in [3.05, 3.63) is 29.8 Å². The Morgan fingerprint density at radius 2 is 1.94 bits per heavy atom. The average molecular weight is 245 g/mol. The molecule has 1 saturated carbocycles. The Bertz CT molecular complexity index is 438. The van der Waals surface area contributed by atoms with Crippen LogP contribution in [-0.4, -0.2) is 12.5 Å². The highest BCUT2D eigenvalue weighted by atomic mass is 16.5. The summed E-state index contributed by atoms with van der Waals surface area (Å²) in [7, 11) is 0. The van der Waals surface area contributed by atoms with Gasteiger partial charge in [0.1, 0.15) is 5.75 Å². The number of para-hydroxylation sites is 1. The SMILES string of the molecule is O=C(N[C@@H]1CCOc2ccccc21)C1CCCC1. The van der Waals surface area contributed by atoms with E-state index in [0.717, 1.165) is 30.6 Å². The molecular formula is C15H19NO2. The monoisotopic (exact) mass is 245 g/mol. The molecule has 0 saturated heterocycles. The van der Waals surface area contributed by atoms with E-state index in [-0.39, 0.29) is 17.9 Å². The van der Waals surface area contributed by atoms with Crippen molar-refractivity contribution in [2.24, 2.45) is 5.92 Å². The fourth-order valence-corrected chi connectivity index (χ4v) is 2.97. The van der Waals surface area contributed by atoms with Crippen molar-refractivity contribution in [1.82, 2.24) is 5.32 Å². The van der Waals surface area contributed by atoms with Gasteiger partial charge in [-0.3, -0.25) is 4.79 Å². The summed E-state index contributed by atoms with van der Waals surface area (Å²) in [6, 6.07) is 8.13. The first-order valence-electron chi connectivity index (χ1n) is 6.87. The number of ether oxygens (including phenoxy) is 1. The van der Waals surface area contributed by atoms with Gasteiger partial charge in [-0.2, -0.15) is 0 Å². The Balaban J connectivity index is 1.72. The molecule has 0 aromatic heterocycles. The summed E-state index contributed by atoms with van der Waals surface area (Å²) in [6.07, 6.45) is 5.37. The third-order valence-electron chi connectivity index (χ3n) is 4.00. The highest BCUT2D eigenvalue weighted by Gasteiger charge is 2.27. The lowest BCUT2D eigenvalue weighted by atomic mass is 9.99. The zero-order chi connectivity index (χ0) is 12.4.